The van der Waals surface area contributed by atoms with Crippen LogP contribution < -0.4 is 4.90 Å². The van der Waals surface area contributed by atoms with Crippen molar-refractivity contribution in [3.8, 4) is 0 Å². The lowest BCUT2D eigenvalue weighted by atomic mass is 9.84. The van der Waals surface area contributed by atoms with E-state index in [9.17, 15) is 9.59 Å². The molecule has 0 bridgehead atoms. The summed E-state index contributed by atoms with van der Waals surface area (Å²) in [6.45, 7) is 6.73. The van der Waals surface area contributed by atoms with Gasteiger partial charge in [-0.05, 0) is 40.0 Å². The topological polar surface area (TPSA) is 40.6 Å². The standard InChI is InChI=1S/C16H20N2O2/c1-10-5-7-11(8-6-10)18-14(19)12-9-17(4)16(2,3)13(12)15(18)20/h5-8,12-13H,9H2,1-4H3. The number of carbonyl (C=O) groups is 2. The first-order chi connectivity index (χ1) is 9.34. The third kappa shape index (κ3) is 1.64. The molecular weight excluding hydrogens is 252 g/mol. The average Bonchev–Trinajstić information content (AvgIpc) is 2.76. The van der Waals surface area contributed by atoms with Crippen molar-refractivity contribution in [3.05, 3.63) is 29.8 Å². The Bertz CT molecular complexity index is 577. The number of anilines is 1. The molecule has 0 aliphatic carbocycles. The summed E-state index contributed by atoms with van der Waals surface area (Å²) in [5, 5.41) is 0. The molecule has 0 N–H and O–H groups in total. The maximum Gasteiger partial charge on any atom is 0.239 e. The second-order valence-electron chi connectivity index (χ2n) is 6.47. The molecular formula is C16H20N2O2. The second kappa shape index (κ2) is 4.16. The van der Waals surface area contributed by atoms with Gasteiger partial charge in [-0.3, -0.25) is 14.5 Å². The fraction of sp³-hybridized carbons (Fsp3) is 0.500. The van der Waals surface area contributed by atoms with Crippen molar-refractivity contribution < 1.29 is 9.59 Å². The minimum atomic E-state index is -0.267. The van der Waals surface area contributed by atoms with E-state index < -0.39 is 0 Å². The van der Waals surface area contributed by atoms with Gasteiger partial charge in [0.2, 0.25) is 11.8 Å². The van der Waals surface area contributed by atoms with Crippen LogP contribution in [0.1, 0.15) is 19.4 Å². The second-order valence-corrected chi connectivity index (χ2v) is 6.47. The van der Waals surface area contributed by atoms with E-state index in [2.05, 4.69) is 4.90 Å². The fourth-order valence-corrected chi connectivity index (χ4v) is 3.42. The van der Waals surface area contributed by atoms with Gasteiger partial charge < -0.3 is 0 Å². The predicted octanol–water partition coefficient (Wildman–Crippen LogP) is 1.82. The molecule has 1 aromatic rings. The van der Waals surface area contributed by atoms with Crippen LogP contribution in [0.4, 0.5) is 5.69 Å². The third-order valence-electron chi connectivity index (χ3n) is 4.93. The van der Waals surface area contributed by atoms with Crippen LogP contribution in [0.5, 0.6) is 0 Å². The van der Waals surface area contributed by atoms with E-state index >= 15 is 0 Å². The van der Waals surface area contributed by atoms with Crippen molar-refractivity contribution in [1.29, 1.82) is 0 Å². The van der Waals surface area contributed by atoms with Gasteiger partial charge in [0.25, 0.3) is 0 Å². The van der Waals surface area contributed by atoms with Gasteiger partial charge in [-0.2, -0.15) is 0 Å². The van der Waals surface area contributed by atoms with Gasteiger partial charge in [-0.1, -0.05) is 17.7 Å². The molecule has 2 atom stereocenters. The molecule has 4 heteroatoms. The van der Waals surface area contributed by atoms with Gasteiger partial charge >= 0.3 is 0 Å². The Kier molecular flexibility index (Phi) is 2.77. The summed E-state index contributed by atoms with van der Waals surface area (Å²) in [4.78, 5) is 28.8. The molecule has 2 heterocycles. The number of amides is 2. The molecule has 106 valence electrons. The molecule has 2 fully saturated rings. The summed E-state index contributed by atoms with van der Waals surface area (Å²) in [5.74, 6) is -0.551. The molecule has 3 rings (SSSR count). The molecule has 2 unspecified atom stereocenters. The minimum absolute atomic E-state index is 0.0544. The van der Waals surface area contributed by atoms with Crippen molar-refractivity contribution in [1.82, 2.24) is 4.90 Å². The van der Waals surface area contributed by atoms with Crippen molar-refractivity contribution in [3.63, 3.8) is 0 Å². The van der Waals surface area contributed by atoms with Crippen LogP contribution in [0.15, 0.2) is 24.3 Å². The summed E-state index contributed by atoms with van der Waals surface area (Å²) in [5.41, 5.74) is 1.54. The molecule has 2 saturated heterocycles. The first-order valence-electron chi connectivity index (χ1n) is 7.00. The number of hydrogen-bond donors (Lipinski definition) is 0. The van der Waals surface area contributed by atoms with Gasteiger partial charge in [-0.15, -0.1) is 0 Å². The summed E-state index contributed by atoms with van der Waals surface area (Å²) >= 11 is 0. The summed E-state index contributed by atoms with van der Waals surface area (Å²) < 4.78 is 0. The maximum absolute atomic E-state index is 12.7. The Labute approximate surface area is 119 Å². The number of fused-ring (bicyclic) bond motifs is 1. The van der Waals surface area contributed by atoms with E-state index in [1.807, 2.05) is 52.1 Å². The van der Waals surface area contributed by atoms with Gasteiger partial charge in [0.15, 0.2) is 0 Å². The number of imide groups is 1. The normalized spacial score (nSPS) is 29.1. The zero-order valence-electron chi connectivity index (χ0n) is 12.4. The lowest BCUT2D eigenvalue weighted by Gasteiger charge is -2.32. The van der Waals surface area contributed by atoms with Crippen LogP contribution in [-0.4, -0.2) is 35.8 Å². The third-order valence-corrected chi connectivity index (χ3v) is 4.93. The fourth-order valence-electron chi connectivity index (χ4n) is 3.42. The van der Waals surface area contributed by atoms with Gasteiger partial charge in [0.05, 0.1) is 17.5 Å². The number of hydrogen-bond acceptors (Lipinski definition) is 3. The monoisotopic (exact) mass is 272 g/mol. The number of rotatable bonds is 1. The Hall–Kier alpha value is -1.68. The number of aryl methyl sites for hydroxylation is 1. The molecule has 1 aromatic carbocycles. The van der Waals surface area contributed by atoms with E-state index in [-0.39, 0.29) is 29.2 Å². The molecule has 0 radical (unpaired) electrons. The molecule has 4 nitrogen and oxygen atoms in total. The van der Waals surface area contributed by atoms with Gasteiger partial charge in [0, 0.05) is 12.1 Å². The first-order valence-corrected chi connectivity index (χ1v) is 7.00. The van der Waals surface area contributed by atoms with E-state index in [4.69, 9.17) is 0 Å². The summed E-state index contributed by atoms with van der Waals surface area (Å²) in [6.07, 6.45) is 0. The van der Waals surface area contributed by atoms with Crippen molar-refractivity contribution in [2.75, 3.05) is 18.5 Å². The van der Waals surface area contributed by atoms with E-state index in [1.165, 1.54) is 4.90 Å². The van der Waals surface area contributed by atoms with Crippen LogP contribution >= 0.6 is 0 Å². The predicted molar refractivity (Wildman–Crippen MR) is 77.4 cm³/mol. The molecule has 2 aliphatic rings. The number of carbonyl (C=O) groups excluding carboxylic acids is 2. The average molecular weight is 272 g/mol. The zero-order chi connectivity index (χ0) is 14.7. The van der Waals surface area contributed by atoms with Gasteiger partial charge in [-0.25, -0.2) is 4.90 Å². The van der Waals surface area contributed by atoms with Gasteiger partial charge in [0.1, 0.15) is 0 Å². The first kappa shape index (κ1) is 13.3. The Balaban J connectivity index is 1.99. The molecule has 2 amide bonds. The molecule has 2 aliphatic heterocycles. The van der Waals surface area contributed by atoms with Crippen molar-refractivity contribution >= 4 is 17.5 Å². The smallest absolute Gasteiger partial charge is 0.239 e. The van der Waals surface area contributed by atoms with E-state index in [0.717, 1.165) is 5.56 Å². The highest BCUT2D eigenvalue weighted by Crippen LogP contribution is 2.45. The Morgan fingerprint density at radius 3 is 2.25 bits per heavy atom. The highest BCUT2D eigenvalue weighted by molar-refractivity contribution is 6.22. The molecule has 0 aromatic heterocycles. The lowest BCUT2D eigenvalue weighted by molar-refractivity contribution is -0.124. The summed E-state index contributed by atoms with van der Waals surface area (Å²) in [7, 11) is 1.98. The van der Waals surface area contributed by atoms with Crippen molar-refractivity contribution in [2.24, 2.45) is 11.8 Å². The molecule has 0 spiro atoms. The van der Waals surface area contributed by atoms with Crippen LogP contribution in [-0.2, 0) is 9.59 Å². The maximum atomic E-state index is 12.7. The van der Waals surface area contributed by atoms with Crippen LogP contribution in [0, 0.1) is 18.8 Å². The van der Waals surface area contributed by atoms with E-state index in [1.54, 1.807) is 0 Å². The van der Waals surface area contributed by atoms with Crippen LogP contribution in [0.2, 0.25) is 0 Å². The van der Waals surface area contributed by atoms with E-state index in [0.29, 0.717) is 12.2 Å². The molecule has 20 heavy (non-hydrogen) atoms. The number of nitrogens with zero attached hydrogens (tertiary/aromatic N) is 2. The summed E-state index contributed by atoms with van der Waals surface area (Å²) in [6, 6.07) is 7.56. The SMILES string of the molecule is Cc1ccc(N2C(=O)C3CN(C)C(C)(C)C3C2=O)cc1. The van der Waals surface area contributed by atoms with Crippen LogP contribution in [0.25, 0.3) is 0 Å². The Morgan fingerprint density at radius 1 is 1.10 bits per heavy atom. The highest BCUT2D eigenvalue weighted by atomic mass is 16.2. The molecule has 0 saturated carbocycles. The van der Waals surface area contributed by atoms with Crippen LogP contribution in [0.3, 0.4) is 0 Å². The minimum Gasteiger partial charge on any atom is -0.300 e. The zero-order valence-corrected chi connectivity index (χ0v) is 12.4. The van der Waals surface area contributed by atoms with Crippen molar-refractivity contribution in [2.45, 2.75) is 26.3 Å². The lowest BCUT2D eigenvalue weighted by Crippen LogP contribution is -2.45. The Morgan fingerprint density at radius 2 is 1.70 bits per heavy atom. The number of benzene rings is 1. The highest BCUT2D eigenvalue weighted by Gasteiger charge is 2.60. The number of likely N-dealkylation sites (tertiary alicyclic amines) is 1. The largest absolute Gasteiger partial charge is 0.300 e. The quantitative estimate of drug-likeness (QED) is 0.732.